The maximum atomic E-state index is 11.9. The highest BCUT2D eigenvalue weighted by Crippen LogP contribution is 2.20. The van der Waals surface area contributed by atoms with Gasteiger partial charge in [-0.2, -0.15) is 5.26 Å². The monoisotopic (exact) mass is 281 g/mol. The standard InChI is InChI=1S/C11H11N3O2S2/c1-14-5-4-9(8-14)7-13-18(15,16)11-3-2-10(6-12)17-11/h2-5,8,13H,7H2,1H3. The molecule has 2 aromatic heterocycles. The van der Waals surface area contributed by atoms with Crippen LogP contribution in [0, 0.1) is 11.3 Å². The zero-order valence-electron chi connectivity index (χ0n) is 9.62. The average molecular weight is 281 g/mol. The SMILES string of the molecule is Cn1ccc(CNS(=O)(=O)c2ccc(C#N)s2)c1. The topological polar surface area (TPSA) is 74.9 Å². The molecule has 0 radical (unpaired) electrons. The Morgan fingerprint density at radius 2 is 2.22 bits per heavy atom. The van der Waals surface area contributed by atoms with Gasteiger partial charge in [0.15, 0.2) is 0 Å². The zero-order valence-corrected chi connectivity index (χ0v) is 11.3. The maximum Gasteiger partial charge on any atom is 0.250 e. The average Bonchev–Trinajstić information content (AvgIpc) is 2.95. The molecule has 0 aliphatic carbocycles. The molecule has 0 bridgehead atoms. The van der Waals surface area contributed by atoms with Gasteiger partial charge in [-0.1, -0.05) is 0 Å². The van der Waals surface area contributed by atoms with Crippen molar-refractivity contribution in [1.82, 2.24) is 9.29 Å². The predicted molar refractivity (Wildman–Crippen MR) is 68.5 cm³/mol. The third kappa shape index (κ3) is 2.79. The van der Waals surface area contributed by atoms with Crippen LogP contribution in [-0.2, 0) is 23.6 Å². The molecule has 5 nitrogen and oxygen atoms in total. The minimum absolute atomic E-state index is 0.162. The Morgan fingerprint density at radius 3 is 2.78 bits per heavy atom. The molecule has 0 fully saturated rings. The minimum atomic E-state index is -3.53. The second-order valence-electron chi connectivity index (χ2n) is 3.74. The van der Waals surface area contributed by atoms with Gasteiger partial charge in [0.2, 0.25) is 10.0 Å². The van der Waals surface area contributed by atoms with Gasteiger partial charge in [0.25, 0.3) is 0 Å². The normalized spacial score (nSPS) is 11.3. The van der Waals surface area contributed by atoms with E-state index in [4.69, 9.17) is 5.26 Å². The van der Waals surface area contributed by atoms with Crippen LogP contribution in [0.3, 0.4) is 0 Å². The number of nitrogens with zero attached hydrogens (tertiary/aromatic N) is 2. The summed E-state index contributed by atoms with van der Waals surface area (Å²) in [6, 6.07) is 6.71. The molecule has 2 rings (SSSR count). The molecule has 94 valence electrons. The summed E-state index contributed by atoms with van der Waals surface area (Å²) >= 11 is 0.963. The molecule has 0 saturated carbocycles. The van der Waals surface area contributed by atoms with Crippen LogP contribution in [0.1, 0.15) is 10.4 Å². The molecule has 18 heavy (non-hydrogen) atoms. The fraction of sp³-hybridized carbons (Fsp3) is 0.182. The van der Waals surface area contributed by atoms with Crippen molar-refractivity contribution in [2.75, 3.05) is 0 Å². The summed E-state index contributed by atoms with van der Waals surface area (Å²) in [4.78, 5) is 0.384. The molecule has 2 heterocycles. The fourth-order valence-electron chi connectivity index (χ4n) is 1.44. The van der Waals surface area contributed by atoms with E-state index in [1.54, 1.807) is 0 Å². The van der Waals surface area contributed by atoms with E-state index < -0.39 is 10.0 Å². The Kier molecular flexibility index (Phi) is 3.52. The van der Waals surface area contributed by atoms with Crippen molar-refractivity contribution in [2.24, 2.45) is 7.05 Å². The summed E-state index contributed by atoms with van der Waals surface area (Å²) in [5.41, 5.74) is 0.887. The predicted octanol–water partition coefficient (Wildman–Crippen LogP) is 1.44. The van der Waals surface area contributed by atoms with E-state index in [0.717, 1.165) is 16.9 Å². The summed E-state index contributed by atoms with van der Waals surface area (Å²) in [7, 11) is -1.66. The number of thiophene rings is 1. The Morgan fingerprint density at radius 1 is 1.44 bits per heavy atom. The van der Waals surface area contributed by atoms with Crippen LogP contribution in [-0.4, -0.2) is 13.0 Å². The lowest BCUT2D eigenvalue weighted by Crippen LogP contribution is -2.22. The first-order valence-electron chi connectivity index (χ1n) is 5.12. The first-order chi connectivity index (χ1) is 8.51. The van der Waals surface area contributed by atoms with Crippen LogP contribution in [0.25, 0.3) is 0 Å². The molecule has 7 heteroatoms. The lowest BCUT2D eigenvalue weighted by atomic mass is 10.4. The largest absolute Gasteiger partial charge is 0.357 e. The summed E-state index contributed by atoms with van der Waals surface area (Å²) in [6.07, 6.45) is 3.69. The molecule has 0 unspecified atom stereocenters. The van der Waals surface area contributed by atoms with Crippen molar-refractivity contribution in [1.29, 1.82) is 5.26 Å². The van der Waals surface area contributed by atoms with E-state index in [1.807, 2.05) is 36.1 Å². The van der Waals surface area contributed by atoms with Crippen molar-refractivity contribution < 1.29 is 8.42 Å². The molecule has 0 aliphatic rings. The number of hydrogen-bond donors (Lipinski definition) is 1. The second-order valence-corrected chi connectivity index (χ2v) is 6.82. The van der Waals surface area contributed by atoms with Crippen molar-refractivity contribution in [3.8, 4) is 6.07 Å². The number of hydrogen-bond acceptors (Lipinski definition) is 4. The highest BCUT2D eigenvalue weighted by Gasteiger charge is 2.16. The maximum absolute atomic E-state index is 11.9. The smallest absolute Gasteiger partial charge is 0.250 e. The number of aryl methyl sites for hydroxylation is 1. The Bertz CT molecular complexity index is 692. The molecule has 1 N–H and O–H groups in total. The quantitative estimate of drug-likeness (QED) is 0.921. The van der Waals surface area contributed by atoms with Gasteiger partial charge in [0.1, 0.15) is 15.2 Å². The first-order valence-corrected chi connectivity index (χ1v) is 7.42. The number of nitriles is 1. The van der Waals surface area contributed by atoms with Gasteiger partial charge in [-0.15, -0.1) is 11.3 Å². The van der Waals surface area contributed by atoms with Crippen LogP contribution in [0.4, 0.5) is 0 Å². The summed E-state index contributed by atoms with van der Waals surface area (Å²) in [5.74, 6) is 0. The first kappa shape index (κ1) is 12.8. The van der Waals surface area contributed by atoms with Crippen LogP contribution in [0.2, 0.25) is 0 Å². The van der Waals surface area contributed by atoms with Crippen LogP contribution < -0.4 is 4.72 Å². The van der Waals surface area contributed by atoms with E-state index in [0.29, 0.717) is 4.88 Å². The highest BCUT2D eigenvalue weighted by atomic mass is 32.2. The molecular weight excluding hydrogens is 270 g/mol. The third-order valence-electron chi connectivity index (χ3n) is 2.32. The molecule has 0 spiro atoms. The summed E-state index contributed by atoms with van der Waals surface area (Å²) < 4.78 is 28.4. The van der Waals surface area contributed by atoms with Crippen molar-refractivity contribution >= 4 is 21.4 Å². The minimum Gasteiger partial charge on any atom is -0.357 e. The van der Waals surface area contributed by atoms with Crippen molar-refractivity contribution in [3.05, 3.63) is 41.0 Å². The number of sulfonamides is 1. The number of nitrogens with one attached hydrogen (secondary N) is 1. The van der Waals surface area contributed by atoms with Gasteiger partial charge >= 0.3 is 0 Å². The van der Waals surface area contributed by atoms with E-state index in [9.17, 15) is 8.42 Å². The van der Waals surface area contributed by atoms with Gasteiger partial charge in [-0.25, -0.2) is 13.1 Å². The summed E-state index contributed by atoms with van der Waals surface area (Å²) in [6.45, 7) is 0.239. The van der Waals surface area contributed by atoms with Crippen LogP contribution in [0.15, 0.2) is 34.8 Å². The number of rotatable bonds is 4. The van der Waals surface area contributed by atoms with Crippen LogP contribution in [0.5, 0.6) is 0 Å². The van der Waals surface area contributed by atoms with Gasteiger partial charge in [-0.3, -0.25) is 0 Å². The lowest BCUT2D eigenvalue weighted by Gasteiger charge is -2.02. The molecule has 0 aromatic carbocycles. The zero-order chi connectivity index (χ0) is 13.2. The van der Waals surface area contributed by atoms with E-state index in [1.165, 1.54) is 12.1 Å². The van der Waals surface area contributed by atoms with E-state index in [2.05, 4.69) is 4.72 Å². The Labute approximate surface area is 109 Å². The molecule has 0 aliphatic heterocycles. The lowest BCUT2D eigenvalue weighted by molar-refractivity contribution is 0.583. The van der Waals surface area contributed by atoms with E-state index >= 15 is 0 Å². The molecule has 0 amide bonds. The molecule has 0 saturated heterocycles. The Balaban J connectivity index is 2.10. The van der Waals surface area contributed by atoms with Crippen molar-refractivity contribution in [2.45, 2.75) is 10.8 Å². The molecule has 2 aromatic rings. The van der Waals surface area contributed by atoms with Gasteiger partial charge in [0, 0.05) is 26.0 Å². The van der Waals surface area contributed by atoms with Gasteiger partial charge < -0.3 is 4.57 Å². The third-order valence-corrected chi connectivity index (χ3v) is 5.20. The van der Waals surface area contributed by atoms with Crippen LogP contribution >= 0.6 is 11.3 Å². The Hall–Kier alpha value is -1.62. The second kappa shape index (κ2) is 4.94. The van der Waals surface area contributed by atoms with Gasteiger partial charge in [0.05, 0.1) is 0 Å². The van der Waals surface area contributed by atoms with E-state index in [-0.39, 0.29) is 10.8 Å². The molecular formula is C11H11N3O2S2. The number of aromatic nitrogens is 1. The highest BCUT2D eigenvalue weighted by molar-refractivity contribution is 7.91. The fourth-order valence-corrected chi connectivity index (χ4v) is 3.61. The van der Waals surface area contributed by atoms with Crippen molar-refractivity contribution in [3.63, 3.8) is 0 Å². The van der Waals surface area contributed by atoms with Gasteiger partial charge in [-0.05, 0) is 23.8 Å². The molecule has 0 atom stereocenters. The summed E-state index contributed by atoms with van der Waals surface area (Å²) in [5, 5.41) is 8.67.